The highest BCUT2D eigenvalue weighted by molar-refractivity contribution is 9.10. The lowest BCUT2D eigenvalue weighted by molar-refractivity contribution is 0.0975. The van der Waals surface area contributed by atoms with E-state index in [4.69, 9.17) is 0 Å². The molecule has 1 aliphatic rings. The van der Waals surface area contributed by atoms with Crippen LogP contribution in [0.25, 0.3) is 0 Å². The molecule has 0 radical (unpaired) electrons. The number of rotatable bonds is 6. The number of hydrogen-bond acceptors (Lipinski definition) is 3. The summed E-state index contributed by atoms with van der Waals surface area (Å²) in [5.41, 5.74) is 0.820. The Morgan fingerprint density at radius 3 is 2.65 bits per heavy atom. The summed E-state index contributed by atoms with van der Waals surface area (Å²) in [6.45, 7) is 3.33. The van der Waals surface area contributed by atoms with Crippen LogP contribution in [-0.2, 0) is 0 Å². The molecular formula is C16H23BrN2O. The zero-order chi connectivity index (χ0) is 14.5. The summed E-state index contributed by atoms with van der Waals surface area (Å²) in [4.78, 5) is 16.8. The van der Waals surface area contributed by atoms with Crippen molar-refractivity contribution in [3.63, 3.8) is 0 Å². The third kappa shape index (κ3) is 4.40. The molecule has 0 aliphatic carbocycles. The molecule has 0 aromatic heterocycles. The molecule has 0 amide bonds. The SMILES string of the molecule is CN(C)C1CCN(CCCC(=O)c2ccc(Br)cc2)C1. The third-order valence-electron chi connectivity index (χ3n) is 4.02. The van der Waals surface area contributed by atoms with Gasteiger partial charge >= 0.3 is 0 Å². The van der Waals surface area contributed by atoms with Crippen LogP contribution in [0, 0.1) is 0 Å². The maximum absolute atomic E-state index is 12.1. The van der Waals surface area contributed by atoms with E-state index >= 15 is 0 Å². The van der Waals surface area contributed by atoms with E-state index in [0.29, 0.717) is 12.5 Å². The molecule has 1 unspecified atom stereocenters. The minimum absolute atomic E-state index is 0.251. The van der Waals surface area contributed by atoms with Gasteiger partial charge in [0.15, 0.2) is 5.78 Å². The average molecular weight is 339 g/mol. The minimum atomic E-state index is 0.251. The quantitative estimate of drug-likeness (QED) is 0.745. The Bertz CT molecular complexity index is 444. The van der Waals surface area contributed by atoms with Crippen LogP contribution in [0.2, 0.25) is 0 Å². The molecule has 1 atom stereocenters. The standard InChI is InChI=1S/C16H23BrN2O/c1-18(2)15-9-11-19(12-15)10-3-4-16(20)13-5-7-14(17)8-6-13/h5-8,15H,3-4,9-12H2,1-2H3. The van der Waals surface area contributed by atoms with E-state index in [2.05, 4.69) is 39.8 Å². The summed E-state index contributed by atoms with van der Waals surface area (Å²) >= 11 is 3.39. The topological polar surface area (TPSA) is 23.6 Å². The Morgan fingerprint density at radius 2 is 2.05 bits per heavy atom. The van der Waals surface area contributed by atoms with Gasteiger partial charge in [-0.1, -0.05) is 28.1 Å². The second kappa shape index (κ2) is 7.34. The molecule has 1 fully saturated rings. The van der Waals surface area contributed by atoms with Gasteiger partial charge < -0.3 is 9.80 Å². The second-order valence-corrected chi connectivity index (χ2v) is 6.66. The van der Waals surface area contributed by atoms with Crippen LogP contribution in [0.4, 0.5) is 0 Å². The van der Waals surface area contributed by atoms with Crippen molar-refractivity contribution < 1.29 is 4.79 Å². The van der Waals surface area contributed by atoms with Crippen LogP contribution in [-0.4, -0.2) is 55.4 Å². The van der Waals surface area contributed by atoms with Crippen LogP contribution < -0.4 is 0 Å². The second-order valence-electron chi connectivity index (χ2n) is 5.74. The summed E-state index contributed by atoms with van der Waals surface area (Å²) in [6, 6.07) is 8.32. The van der Waals surface area contributed by atoms with Crippen molar-refractivity contribution in [1.82, 2.24) is 9.80 Å². The van der Waals surface area contributed by atoms with Crippen LogP contribution in [0.3, 0.4) is 0 Å². The van der Waals surface area contributed by atoms with Crippen molar-refractivity contribution in [2.24, 2.45) is 0 Å². The lowest BCUT2D eigenvalue weighted by atomic mass is 10.1. The maximum atomic E-state index is 12.1. The zero-order valence-electron chi connectivity index (χ0n) is 12.3. The van der Waals surface area contributed by atoms with Crippen LogP contribution in [0.1, 0.15) is 29.6 Å². The van der Waals surface area contributed by atoms with Gasteiger partial charge in [-0.3, -0.25) is 4.79 Å². The molecule has 0 saturated carbocycles. The van der Waals surface area contributed by atoms with Gasteiger partial charge in [0.1, 0.15) is 0 Å². The molecule has 20 heavy (non-hydrogen) atoms. The highest BCUT2D eigenvalue weighted by Gasteiger charge is 2.23. The van der Waals surface area contributed by atoms with Gasteiger partial charge in [-0.15, -0.1) is 0 Å². The lowest BCUT2D eigenvalue weighted by Crippen LogP contribution is -2.31. The van der Waals surface area contributed by atoms with Gasteiger partial charge in [-0.05, 0) is 52.2 Å². The summed E-state index contributed by atoms with van der Waals surface area (Å²) < 4.78 is 1.01. The summed E-state index contributed by atoms with van der Waals surface area (Å²) in [5, 5.41) is 0. The Morgan fingerprint density at radius 1 is 1.35 bits per heavy atom. The average Bonchev–Trinajstić information content (AvgIpc) is 2.88. The van der Waals surface area contributed by atoms with Crippen molar-refractivity contribution in [2.45, 2.75) is 25.3 Å². The van der Waals surface area contributed by atoms with Crippen molar-refractivity contribution >= 4 is 21.7 Å². The van der Waals surface area contributed by atoms with E-state index < -0.39 is 0 Å². The Hall–Kier alpha value is -0.710. The molecule has 3 nitrogen and oxygen atoms in total. The Labute approximate surface area is 130 Å². The zero-order valence-corrected chi connectivity index (χ0v) is 13.9. The lowest BCUT2D eigenvalue weighted by Gasteiger charge is -2.20. The fraction of sp³-hybridized carbons (Fsp3) is 0.562. The number of carbonyl (C=O) groups excluding carboxylic acids is 1. The van der Waals surface area contributed by atoms with Gasteiger partial charge in [0, 0.05) is 29.0 Å². The first kappa shape index (κ1) is 15.7. The Balaban J connectivity index is 1.71. The highest BCUT2D eigenvalue weighted by atomic mass is 79.9. The molecule has 1 aromatic carbocycles. The monoisotopic (exact) mass is 338 g/mol. The normalized spacial score (nSPS) is 19.7. The third-order valence-corrected chi connectivity index (χ3v) is 4.55. The van der Waals surface area contributed by atoms with Gasteiger partial charge in [0.25, 0.3) is 0 Å². The number of carbonyl (C=O) groups is 1. The molecule has 1 aromatic rings. The van der Waals surface area contributed by atoms with Gasteiger partial charge in [-0.2, -0.15) is 0 Å². The predicted molar refractivity (Wildman–Crippen MR) is 86.2 cm³/mol. The Kier molecular flexibility index (Phi) is 5.75. The molecule has 1 heterocycles. The number of benzene rings is 1. The number of Topliss-reactive ketones (excluding diaryl/α,β-unsaturated/α-hetero) is 1. The number of hydrogen-bond donors (Lipinski definition) is 0. The molecule has 110 valence electrons. The molecule has 1 saturated heterocycles. The van der Waals surface area contributed by atoms with Gasteiger partial charge in [-0.25, -0.2) is 0 Å². The fourth-order valence-corrected chi connectivity index (χ4v) is 2.94. The molecule has 0 N–H and O–H groups in total. The van der Waals surface area contributed by atoms with Gasteiger partial charge in [0.2, 0.25) is 0 Å². The summed E-state index contributed by atoms with van der Waals surface area (Å²) in [6.07, 6.45) is 2.84. The number of ketones is 1. The van der Waals surface area contributed by atoms with E-state index in [0.717, 1.165) is 36.1 Å². The van der Waals surface area contributed by atoms with Crippen molar-refractivity contribution in [2.75, 3.05) is 33.7 Å². The van der Waals surface area contributed by atoms with Crippen LogP contribution in [0.5, 0.6) is 0 Å². The molecule has 2 rings (SSSR count). The number of likely N-dealkylation sites (tertiary alicyclic amines) is 1. The van der Waals surface area contributed by atoms with E-state index in [1.165, 1.54) is 6.42 Å². The summed E-state index contributed by atoms with van der Waals surface area (Å²) in [7, 11) is 4.29. The molecule has 4 heteroatoms. The van der Waals surface area contributed by atoms with E-state index in [9.17, 15) is 4.79 Å². The van der Waals surface area contributed by atoms with Crippen LogP contribution >= 0.6 is 15.9 Å². The van der Waals surface area contributed by atoms with E-state index in [1.54, 1.807) is 0 Å². The first-order valence-corrected chi connectivity index (χ1v) is 8.03. The molecule has 0 bridgehead atoms. The fourth-order valence-electron chi connectivity index (χ4n) is 2.68. The number of nitrogens with zero attached hydrogens (tertiary/aromatic N) is 2. The largest absolute Gasteiger partial charge is 0.305 e. The highest BCUT2D eigenvalue weighted by Crippen LogP contribution is 2.15. The van der Waals surface area contributed by atoms with E-state index in [1.807, 2.05) is 24.3 Å². The summed E-state index contributed by atoms with van der Waals surface area (Å²) in [5.74, 6) is 0.251. The first-order chi connectivity index (χ1) is 9.56. The van der Waals surface area contributed by atoms with Crippen molar-refractivity contribution in [3.05, 3.63) is 34.3 Å². The molecule has 1 aliphatic heterocycles. The number of likely N-dealkylation sites (N-methyl/N-ethyl adjacent to an activating group) is 1. The predicted octanol–water partition coefficient (Wildman–Crippen LogP) is 3.05. The van der Waals surface area contributed by atoms with Gasteiger partial charge in [0.05, 0.1) is 0 Å². The molecule has 0 spiro atoms. The first-order valence-electron chi connectivity index (χ1n) is 7.24. The number of halogens is 1. The maximum Gasteiger partial charge on any atom is 0.162 e. The van der Waals surface area contributed by atoms with Crippen LogP contribution in [0.15, 0.2) is 28.7 Å². The van der Waals surface area contributed by atoms with Crippen molar-refractivity contribution in [1.29, 1.82) is 0 Å². The van der Waals surface area contributed by atoms with Crippen molar-refractivity contribution in [3.8, 4) is 0 Å². The molecular weight excluding hydrogens is 316 g/mol. The van der Waals surface area contributed by atoms with E-state index in [-0.39, 0.29) is 5.78 Å². The smallest absolute Gasteiger partial charge is 0.162 e. The minimum Gasteiger partial charge on any atom is -0.305 e.